The van der Waals surface area contributed by atoms with Crippen LogP contribution in [0.3, 0.4) is 0 Å². The summed E-state index contributed by atoms with van der Waals surface area (Å²) < 4.78 is 39.5. The monoisotopic (exact) mass is 488 g/mol. The van der Waals surface area contributed by atoms with Gasteiger partial charge in [0.25, 0.3) is 5.91 Å². The van der Waals surface area contributed by atoms with Crippen LogP contribution in [0.25, 0.3) is 0 Å². The predicted octanol–water partition coefficient (Wildman–Crippen LogP) is 6.24. The molecule has 1 unspecified atom stereocenters. The lowest BCUT2D eigenvalue weighted by atomic mass is 10.1. The van der Waals surface area contributed by atoms with Gasteiger partial charge in [-0.3, -0.25) is 9.59 Å². The fraction of sp³-hybridized carbons (Fsp3) is 0.308. The first-order chi connectivity index (χ1) is 16.2. The van der Waals surface area contributed by atoms with E-state index in [4.69, 9.17) is 0 Å². The largest absolute Gasteiger partial charge is 0.416 e. The van der Waals surface area contributed by atoms with Gasteiger partial charge in [-0.25, -0.2) is 0 Å². The maximum Gasteiger partial charge on any atom is 0.416 e. The van der Waals surface area contributed by atoms with E-state index in [0.29, 0.717) is 19.5 Å². The Kier molecular flexibility index (Phi) is 8.50. The second-order valence-electron chi connectivity index (χ2n) is 8.08. The Bertz CT molecular complexity index is 1080. The summed E-state index contributed by atoms with van der Waals surface area (Å²) in [4.78, 5) is 30.7. The van der Waals surface area contributed by atoms with Crippen LogP contribution in [0.2, 0.25) is 0 Å². The van der Waals surface area contributed by atoms with E-state index in [9.17, 15) is 22.8 Å². The Labute approximate surface area is 201 Å². The molecule has 0 bridgehead atoms. The molecule has 0 aliphatic carbocycles. The van der Waals surface area contributed by atoms with E-state index in [1.165, 1.54) is 28.4 Å². The van der Waals surface area contributed by atoms with E-state index < -0.39 is 17.6 Å². The van der Waals surface area contributed by atoms with Crippen molar-refractivity contribution in [2.45, 2.75) is 45.6 Å². The molecule has 0 aliphatic rings. The number of amides is 2. The first-order valence-corrected chi connectivity index (χ1v) is 11.9. The molecule has 4 nitrogen and oxygen atoms in total. The van der Waals surface area contributed by atoms with Crippen molar-refractivity contribution < 1.29 is 22.8 Å². The van der Waals surface area contributed by atoms with Crippen molar-refractivity contribution >= 4 is 23.2 Å². The van der Waals surface area contributed by atoms with Crippen molar-refractivity contribution in [2.24, 2.45) is 0 Å². The van der Waals surface area contributed by atoms with E-state index in [1.807, 2.05) is 54.8 Å². The predicted molar refractivity (Wildman–Crippen MR) is 127 cm³/mol. The highest BCUT2D eigenvalue weighted by atomic mass is 32.1. The molecule has 2 amide bonds. The van der Waals surface area contributed by atoms with Crippen molar-refractivity contribution in [1.82, 2.24) is 9.80 Å². The highest BCUT2D eigenvalue weighted by Crippen LogP contribution is 2.30. The first-order valence-electron chi connectivity index (χ1n) is 11.0. The number of thiophene rings is 1. The van der Waals surface area contributed by atoms with Gasteiger partial charge in [0, 0.05) is 23.0 Å². The van der Waals surface area contributed by atoms with Crippen LogP contribution < -0.4 is 0 Å². The van der Waals surface area contributed by atoms with Gasteiger partial charge in [0.2, 0.25) is 5.91 Å². The number of carbonyl (C=O) groups excluding carboxylic acids is 2. The average molecular weight is 489 g/mol. The first kappa shape index (κ1) is 25.5. The van der Waals surface area contributed by atoms with Crippen LogP contribution in [-0.4, -0.2) is 34.2 Å². The molecule has 1 aromatic heterocycles. The normalized spacial score (nSPS) is 12.3. The molecule has 1 heterocycles. The molecule has 0 N–H and O–H groups in total. The Morgan fingerprint density at radius 3 is 2.32 bits per heavy atom. The van der Waals surface area contributed by atoms with Crippen LogP contribution in [0, 0.1) is 0 Å². The van der Waals surface area contributed by atoms with Crippen LogP contribution in [0.1, 0.15) is 46.6 Å². The lowest BCUT2D eigenvalue weighted by molar-refractivity contribution is -0.137. The third kappa shape index (κ3) is 6.70. The number of rotatable bonds is 9. The zero-order valence-electron chi connectivity index (χ0n) is 19.1. The smallest absolute Gasteiger partial charge is 0.332 e. The van der Waals surface area contributed by atoms with Gasteiger partial charge in [-0.15, -0.1) is 11.3 Å². The molecule has 0 saturated heterocycles. The number of nitrogens with zero attached hydrogens (tertiary/aromatic N) is 2. The van der Waals surface area contributed by atoms with Gasteiger partial charge in [0.15, 0.2) is 0 Å². The number of benzene rings is 2. The van der Waals surface area contributed by atoms with Crippen molar-refractivity contribution in [2.75, 3.05) is 6.54 Å². The van der Waals surface area contributed by atoms with Crippen molar-refractivity contribution in [1.29, 1.82) is 0 Å². The van der Waals surface area contributed by atoms with Crippen LogP contribution in [0.15, 0.2) is 72.1 Å². The van der Waals surface area contributed by atoms with Crippen LogP contribution >= 0.6 is 11.3 Å². The lowest BCUT2D eigenvalue weighted by Crippen LogP contribution is -2.46. The molecule has 3 rings (SSSR count). The molecular formula is C26H27F3N2O2S. The van der Waals surface area contributed by atoms with Gasteiger partial charge in [-0.2, -0.15) is 13.2 Å². The average Bonchev–Trinajstić information content (AvgIpc) is 3.34. The van der Waals surface area contributed by atoms with E-state index in [-0.39, 0.29) is 24.1 Å². The summed E-state index contributed by atoms with van der Waals surface area (Å²) in [5.41, 5.74) is -0.0281. The Balaban J connectivity index is 1.85. The third-order valence-corrected chi connectivity index (χ3v) is 6.48. The number of hydrogen-bond acceptors (Lipinski definition) is 3. The zero-order valence-corrected chi connectivity index (χ0v) is 19.9. The molecule has 8 heteroatoms. The molecule has 0 radical (unpaired) electrons. The molecule has 3 aromatic rings. The topological polar surface area (TPSA) is 40.6 Å². The third-order valence-electron chi connectivity index (χ3n) is 5.62. The van der Waals surface area contributed by atoms with Crippen LogP contribution in [-0.2, 0) is 24.1 Å². The van der Waals surface area contributed by atoms with Gasteiger partial charge in [0.1, 0.15) is 6.54 Å². The Morgan fingerprint density at radius 2 is 1.71 bits per heavy atom. The van der Waals surface area contributed by atoms with Crippen LogP contribution in [0.4, 0.5) is 13.2 Å². The summed E-state index contributed by atoms with van der Waals surface area (Å²) in [6.07, 6.45) is -4.00. The molecule has 1 atom stereocenters. The van der Waals surface area contributed by atoms with E-state index in [0.717, 1.165) is 22.6 Å². The Hall–Kier alpha value is -3.13. The highest BCUT2D eigenvalue weighted by molar-refractivity contribution is 7.09. The number of halogens is 3. The SMILES string of the molecule is CCC(C)N(CC(=O)N(Cc1ccccc1)Cc1cccs1)C(=O)c1cccc(C(F)(F)F)c1. The fourth-order valence-corrected chi connectivity index (χ4v) is 4.23. The number of carbonyl (C=O) groups is 2. The van der Waals surface area contributed by atoms with Gasteiger partial charge < -0.3 is 9.80 Å². The van der Waals surface area contributed by atoms with Crippen molar-refractivity contribution in [3.63, 3.8) is 0 Å². The van der Waals surface area contributed by atoms with Gasteiger partial charge in [-0.1, -0.05) is 49.4 Å². The molecule has 0 aliphatic heterocycles. The quantitative estimate of drug-likeness (QED) is 0.358. The Morgan fingerprint density at radius 1 is 0.971 bits per heavy atom. The number of alkyl halides is 3. The minimum Gasteiger partial charge on any atom is -0.332 e. The highest BCUT2D eigenvalue weighted by Gasteiger charge is 2.32. The minimum atomic E-state index is -4.56. The van der Waals surface area contributed by atoms with Gasteiger partial charge in [-0.05, 0) is 48.6 Å². The second kappa shape index (κ2) is 11.3. The van der Waals surface area contributed by atoms with E-state index in [1.54, 1.807) is 11.8 Å². The van der Waals surface area contributed by atoms with Gasteiger partial charge >= 0.3 is 6.18 Å². The standard InChI is InChI=1S/C26H27F3N2O2S/c1-3-19(2)31(25(33)21-11-7-12-22(15-21)26(27,28)29)18-24(32)30(17-23-13-8-14-34-23)16-20-9-5-4-6-10-20/h4-15,19H,3,16-18H2,1-2H3. The summed E-state index contributed by atoms with van der Waals surface area (Å²) in [5, 5.41) is 1.93. The summed E-state index contributed by atoms with van der Waals surface area (Å²) in [5.74, 6) is -0.859. The molecule has 34 heavy (non-hydrogen) atoms. The number of hydrogen-bond donors (Lipinski definition) is 0. The summed E-state index contributed by atoms with van der Waals surface area (Å²) in [7, 11) is 0. The second-order valence-corrected chi connectivity index (χ2v) is 9.12. The van der Waals surface area contributed by atoms with Crippen molar-refractivity contribution in [3.8, 4) is 0 Å². The molecule has 0 spiro atoms. The summed E-state index contributed by atoms with van der Waals surface area (Å²) in [6, 6.07) is 17.4. The van der Waals surface area contributed by atoms with Crippen molar-refractivity contribution in [3.05, 3.63) is 93.7 Å². The molecular weight excluding hydrogens is 461 g/mol. The van der Waals surface area contributed by atoms with E-state index in [2.05, 4.69) is 0 Å². The molecule has 0 fully saturated rings. The molecule has 0 saturated carbocycles. The lowest BCUT2D eigenvalue weighted by Gasteiger charge is -2.31. The van der Waals surface area contributed by atoms with E-state index >= 15 is 0 Å². The maximum atomic E-state index is 13.4. The fourth-order valence-electron chi connectivity index (χ4n) is 3.52. The zero-order chi connectivity index (χ0) is 24.7. The summed E-state index contributed by atoms with van der Waals surface area (Å²) >= 11 is 1.53. The molecule has 2 aromatic carbocycles. The summed E-state index contributed by atoms with van der Waals surface area (Å²) in [6.45, 7) is 4.19. The molecule has 180 valence electrons. The maximum absolute atomic E-state index is 13.4. The minimum absolute atomic E-state index is 0.0872. The van der Waals surface area contributed by atoms with Gasteiger partial charge in [0.05, 0.1) is 12.1 Å². The van der Waals surface area contributed by atoms with Crippen LogP contribution in [0.5, 0.6) is 0 Å².